The average molecular weight is 491 g/mol. The van der Waals surface area contributed by atoms with E-state index in [2.05, 4.69) is 4.72 Å². The summed E-state index contributed by atoms with van der Waals surface area (Å²) < 4.78 is 38.4. The van der Waals surface area contributed by atoms with Gasteiger partial charge in [0.05, 0.1) is 18.4 Å². The molecule has 0 aromatic heterocycles. The van der Waals surface area contributed by atoms with Gasteiger partial charge in [-0.3, -0.25) is 9.59 Å². The van der Waals surface area contributed by atoms with E-state index >= 15 is 0 Å². The zero-order valence-corrected chi connectivity index (χ0v) is 21.8. The molecule has 0 spiro atoms. The number of nitrogens with one attached hydrogen (secondary N) is 1. The molecule has 0 unspecified atom stereocenters. The van der Waals surface area contributed by atoms with Gasteiger partial charge in [-0.05, 0) is 80.1 Å². The van der Waals surface area contributed by atoms with Crippen LogP contribution in [0.1, 0.15) is 39.8 Å². The van der Waals surface area contributed by atoms with E-state index in [0.717, 1.165) is 28.0 Å². The summed E-state index contributed by atoms with van der Waals surface area (Å²) in [6, 6.07) is 7.30. The van der Waals surface area contributed by atoms with Crippen molar-refractivity contribution in [2.24, 2.45) is 0 Å². The smallest absolute Gasteiger partial charge is 0.307 e. The van der Waals surface area contributed by atoms with Crippen LogP contribution in [-0.4, -0.2) is 52.5 Å². The Kier molecular flexibility index (Phi) is 9.23. The predicted molar refractivity (Wildman–Crippen MR) is 130 cm³/mol. The number of esters is 1. The predicted octanol–water partition coefficient (Wildman–Crippen LogP) is 3.11. The van der Waals surface area contributed by atoms with E-state index in [4.69, 9.17) is 9.47 Å². The second kappa shape index (κ2) is 11.5. The molecular weight excluding hydrogens is 456 g/mol. The molecule has 2 aromatic rings. The summed E-state index contributed by atoms with van der Waals surface area (Å²) in [4.78, 5) is 26.0. The number of sulfonamides is 1. The summed E-state index contributed by atoms with van der Waals surface area (Å²) in [5, 5.41) is 0. The Morgan fingerprint density at radius 3 is 1.97 bits per heavy atom. The van der Waals surface area contributed by atoms with E-state index in [0.29, 0.717) is 17.7 Å². The second-order valence-corrected chi connectivity index (χ2v) is 10.1. The number of hydrogen-bond donors (Lipinski definition) is 1. The van der Waals surface area contributed by atoms with Crippen molar-refractivity contribution in [3.63, 3.8) is 0 Å². The molecule has 1 N–H and O–H groups in total. The van der Waals surface area contributed by atoms with Gasteiger partial charge >= 0.3 is 5.97 Å². The van der Waals surface area contributed by atoms with E-state index in [9.17, 15) is 18.0 Å². The van der Waals surface area contributed by atoms with Crippen molar-refractivity contribution in [1.29, 1.82) is 0 Å². The molecule has 186 valence electrons. The third-order valence-corrected chi connectivity index (χ3v) is 7.92. The minimum Gasteiger partial charge on any atom is -0.497 e. The van der Waals surface area contributed by atoms with Gasteiger partial charge in [-0.2, -0.15) is 0 Å². The molecule has 0 aliphatic carbocycles. The van der Waals surface area contributed by atoms with Crippen LogP contribution < -0.4 is 9.46 Å². The summed E-state index contributed by atoms with van der Waals surface area (Å²) in [5.74, 6) is -0.291. The molecule has 0 fully saturated rings. The van der Waals surface area contributed by atoms with Gasteiger partial charge in [0.2, 0.25) is 10.0 Å². The quantitative estimate of drug-likeness (QED) is 0.514. The van der Waals surface area contributed by atoms with Gasteiger partial charge in [0.25, 0.3) is 5.91 Å². The number of carbonyl (C=O) groups excluding carboxylic acids is 2. The van der Waals surface area contributed by atoms with Crippen molar-refractivity contribution in [2.45, 2.75) is 52.5 Å². The van der Waals surface area contributed by atoms with Crippen molar-refractivity contribution in [1.82, 2.24) is 9.62 Å². The lowest BCUT2D eigenvalue weighted by Crippen LogP contribution is -2.32. The zero-order valence-electron chi connectivity index (χ0n) is 20.9. The SMILES string of the molecule is COc1ccc(CN(C)C(=O)COC(=O)CCNS(=O)(=O)c2c(C)c(C)c(C)c(C)c2C)cc1. The van der Waals surface area contributed by atoms with Gasteiger partial charge in [-0.1, -0.05) is 12.1 Å². The molecule has 34 heavy (non-hydrogen) atoms. The minimum absolute atomic E-state index is 0.123. The van der Waals surface area contributed by atoms with E-state index in [1.807, 2.05) is 32.9 Å². The Morgan fingerprint density at radius 2 is 1.44 bits per heavy atom. The maximum atomic E-state index is 12.9. The van der Waals surface area contributed by atoms with E-state index in [1.54, 1.807) is 40.1 Å². The fraction of sp³-hybridized carbons (Fsp3) is 0.440. The van der Waals surface area contributed by atoms with E-state index in [-0.39, 0.29) is 23.8 Å². The highest BCUT2D eigenvalue weighted by Gasteiger charge is 2.23. The van der Waals surface area contributed by atoms with Crippen LogP contribution in [0.3, 0.4) is 0 Å². The first kappa shape index (κ1) is 27.3. The highest BCUT2D eigenvalue weighted by atomic mass is 32.2. The Balaban J connectivity index is 1.87. The Labute approximate surface area is 202 Å². The molecule has 0 aliphatic rings. The number of hydrogen-bond acceptors (Lipinski definition) is 6. The van der Waals surface area contributed by atoms with E-state index in [1.165, 1.54) is 4.90 Å². The Morgan fingerprint density at radius 1 is 0.912 bits per heavy atom. The number of benzene rings is 2. The maximum absolute atomic E-state index is 12.9. The van der Waals surface area contributed by atoms with Crippen LogP contribution in [0.5, 0.6) is 5.75 Å². The number of likely N-dealkylation sites (N-methyl/N-ethyl adjacent to an activating group) is 1. The molecule has 0 bridgehead atoms. The van der Waals surface area contributed by atoms with Crippen molar-refractivity contribution in [2.75, 3.05) is 27.3 Å². The molecule has 8 nitrogen and oxygen atoms in total. The standard InChI is InChI=1S/C25H34N2O6S/c1-16-17(2)19(4)25(20(5)18(16)3)34(30,31)26-13-12-24(29)33-15-23(28)27(6)14-21-8-10-22(32-7)11-9-21/h8-11,26H,12-15H2,1-7H3. The topological polar surface area (TPSA) is 102 Å². The van der Waals surface area contributed by atoms with Crippen molar-refractivity contribution in [3.8, 4) is 5.75 Å². The summed E-state index contributed by atoms with van der Waals surface area (Å²) in [5.41, 5.74) is 5.23. The van der Waals surface area contributed by atoms with Crippen LogP contribution in [0.25, 0.3) is 0 Å². The van der Waals surface area contributed by atoms with Gasteiger partial charge in [0, 0.05) is 20.1 Å². The van der Waals surface area contributed by atoms with Crippen molar-refractivity contribution >= 4 is 21.9 Å². The molecule has 0 saturated carbocycles. The summed E-state index contributed by atoms with van der Waals surface area (Å²) in [7, 11) is -0.610. The molecular formula is C25H34N2O6S. The number of methoxy groups -OCH3 is 1. The average Bonchev–Trinajstić information content (AvgIpc) is 2.80. The molecule has 0 heterocycles. The molecule has 0 saturated heterocycles. The van der Waals surface area contributed by atoms with Crippen molar-refractivity contribution < 1.29 is 27.5 Å². The van der Waals surface area contributed by atoms with Crippen LogP contribution in [0.2, 0.25) is 0 Å². The monoisotopic (exact) mass is 490 g/mol. The summed E-state index contributed by atoms with van der Waals surface area (Å²) >= 11 is 0. The highest BCUT2D eigenvalue weighted by Crippen LogP contribution is 2.29. The number of nitrogens with zero attached hydrogens (tertiary/aromatic N) is 1. The molecule has 0 atom stereocenters. The van der Waals surface area contributed by atoms with Crippen LogP contribution in [0.4, 0.5) is 0 Å². The summed E-state index contributed by atoms with van der Waals surface area (Å²) in [6.45, 7) is 9.16. The molecule has 0 radical (unpaired) electrons. The van der Waals surface area contributed by atoms with E-state index < -0.39 is 22.6 Å². The second-order valence-electron chi connectivity index (χ2n) is 8.36. The lowest BCUT2D eigenvalue weighted by molar-refractivity contribution is -0.151. The number of rotatable bonds is 10. The van der Waals surface area contributed by atoms with Gasteiger partial charge in [0.15, 0.2) is 6.61 Å². The number of amides is 1. The Bertz CT molecular complexity index is 1130. The largest absolute Gasteiger partial charge is 0.497 e. The first-order valence-electron chi connectivity index (χ1n) is 11.0. The van der Waals surface area contributed by atoms with Crippen LogP contribution >= 0.6 is 0 Å². The normalized spacial score (nSPS) is 11.3. The first-order chi connectivity index (χ1) is 15.9. The van der Waals surface area contributed by atoms with Crippen molar-refractivity contribution in [3.05, 3.63) is 57.6 Å². The molecule has 2 aromatic carbocycles. The lowest BCUT2D eigenvalue weighted by Gasteiger charge is -2.19. The third-order valence-electron chi connectivity index (χ3n) is 6.18. The van der Waals surface area contributed by atoms with Crippen LogP contribution in [-0.2, 0) is 30.9 Å². The van der Waals surface area contributed by atoms with Gasteiger partial charge in [-0.25, -0.2) is 13.1 Å². The minimum atomic E-state index is -3.81. The fourth-order valence-electron chi connectivity index (χ4n) is 3.65. The fourth-order valence-corrected chi connectivity index (χ4v) is 5.27. The van der Waals surface area contributed by atoms with Gasteiger partial charge in [-0.15, -0.1) is 0 Å². The molecule has 0 aliphatic heterocycles. The highest BCUT2D eigenvalue weighted by molar-refractivity contribution is 7.89. The zero-order chi connectivity index (χ0) is 25.6. The van der Waals surface area contributed by atoms with Gasteiger partial charge in [0.1, 0.15) is 5.75 Å². The third kappa shape index (κ3) is 6.57. The molecule has 1 amide bonds. The Hall–Kier alpha value is -2.91. The van der Waals surface area contributed by atoms with Crippen LogP contribution in [0, 0.1) is 34.6 Å². The van der Waals surface area contributed by atoms with Gasteiger partial charge < -0.3 is 14.4 Å². The van der Waals surface area contributed by atoms with Crippen LogP contribution in [0.15, 0.2) is 29.2 Å². The number of ether oxygens (including phenoxy) is 2. The lowest BCUT2D eigenvalue weighted by atomic mass is 9.95. The number of carbonyl (C=O) groups is 2. The molecule has 2 rings (SSSR count). The first-order valence-corrected chi connectivity index (χ1v) is 12.5. The summed E-state index contributed by atoms with van der Waals surface area (Å²) in [6.07, 6.45) is -0.184. The molecule has 9 heteroatoms. The maximum Gasteiger partial charge on any atom is 0.307 e.